The summed E-state index contributed by atoms with van der Waals surface area (Å²) in [4.78, 5) is 14.6. The lowest BCUT2D eigenvalue weighted by molar-refractivity contribution is -0.120. The first-order valence-corrected chi connectivity index (χ1v) is 8.66. The molecule has 1 saturated heterocycles. The van der Waals surface area contributed by atoms with Crippen molar-refractivity contribution in [1.82, 2.24) is 15.5 Å². The SMILES string of the molecule is COc1cc(CC(=O)NCCCN2CCNCC2)cc(OC)c1OC. The Hall–Kier alpha value is -1.99. The molecule has 1 heterocycles. The minimum Gasteiger partial charge on any atom is -0.493 e. The highest BCUT2D eigenvalue weighted by Gasteiger charge is 2.15. The highest BCUT2D eigenvalue weighted by atomic mass is 16.5. The molecule has 0 aromatic heterocycles. The number of piperazine rings is 1. The predicted molar refractivity (Wildman–Crippen MR) is 96.7 cm³/mol. The number of nitrogens with zero attached hydrogens (tertiary/aromatic N) is 1. The summed E-state index contributed by atoms with van der Waals surface area (Å²) in [5, 5.41) is 6.32. The van der Waals surface area contributed by atoms with Gasteiger partial charge in [0.15, 0.2) is 11.5 Å². The number of benzene rings is 1. The fourth-order valence-electron chi connectivity index (χ4n) is 2.95. The topological polar surface area (TPSA) is 72.1 Å². The molecular formula is C18H29N3O4. The second-order valence-corrected chi connectivity index (χ2v) is 6.01. The van der Waals surface area contributed by atoms with Crippen LogP contribution in [0.15, 0.2) is 12.1 Å². The molecular weight excluding hydrogens is 322 g/mol. The number of nitrogens with one attached hydrogen (secondary N) is 2. The molecule has 1 aromatic carbocycles. The monoisotopic (exact) mass is 351 g/mol. The van der Waals surface area contributed by atoms with E-state index in [1.807, 2.05) is 12.1 Å². The number of amides is 1. The lowest BCUT2D eigenvalue weighted by atomic mass is 10.1. The molecule has 1 fully saturated rings. The van der Waals surface area contributed by atoms with Crippen molar-refractivity contribution in [3.8, 4) is 17.2 Å². The van der Waals surface area contributed by atoms with Crippen molar-refractivity contribution in [2.24, 2.45) is 0 Å². The quantitative estimate of drug-likeness (QED) is 0.637. The van der Waals surface area contributed by atoms with Gasteiger partial charge in [-0.05, 0) is 30.7 Å². The maximum atomic E-state index is 12.2. The van der Waals surface area contributed by atoms with E-state index < -0.39 is 0 Å². The van der Waals surface area contributed by atoms with E-state index in [1.54, 1.807) is 21.3 Å². The third kappa shape index (κ3) is 5.79. The molecule has 1 amide bonds. The second kappa shape index (κ2) is 10.1. The van der Waals surface area contributed by atoms with Gasteiger partial charge in [0, 0.05) is 32.7 Å². The normalized spacial score (nSPS) is 14.8. The van der Waals surface area contributed by atoms with Crippen molar-refractivity contribution in [1.29, 1.82) is 0 Å². The number of methoxy groups -OCH3 is 3. The van der Waals surface area contributed by atoms with E-state index in [0.29, 0.717) is 23.8 Å². The van der Waals surface area contributed by atoms with Crippen LogP contribution in [-0.2, 0) is 11.2 Å². The minimum absolute atomic E-state index is 0.00502. The lowest BCUT2D eigenvalue weighted by Crippen LogP contribution is -2.44. The first-order chi connectivity index (χ1) is 12.2. The van der Waals surface area contributed by atoms with E-state index in [-0.39, 0.29) is 12.3 Å². The molecule has 140 valence electrons. The van der Waals surface area contributed by atoms with Crippen molar-refractivity contribution in [2.75, 3.05) is 60.6 Å². The van der Waals surface area contributed by atoms with Gasteiger partial charge in [-0.25, -0.2) is 0 Å². The van der Waals surface area contributed by atoms with E-state index in [2.05, 4.69) is 15.5 Å². The summed E-state index contributed by atoms with van der Waals surface area (Å²) in [5.74, 6) is 1.64. The average Bonchev–Trinajstić information content (AvgIpc) is 2.65. The predicted octanol–water partition coefficient (Wildman–Crippen LogP) is 0.666. The summed E-state index contributed by atoms with van der Waals surface area (Å²) < 4.78 is 15.9. The van der Waals surface area contributed by atoms with Gasteiger partial charge >= 0.3 is 0 Å². The maximum absolute atomic E-state index is 12.2. The fourth-order valence-corrected chi connectivity index (χ4v) is 2.95. The van der Waals surface area contributed by atoms with Crippen LogP contribution >= 0.6 is 0 Å². The van der Waals surface area contributed by atoms with Gasteiger partial charge in [0.05, 0.1) is 27.8 Å². The Labute approximate surface area is 149 Å². The molecule has 0 radical (unpaired) electrons. The fraction of sp³-hybridized carbons (Fsp3) is 0.611. The van der Waals surface area contributed by atoms with Gasteiger partial charge in [0.2, 0.25) is 11.7 Å². The molecule has 1 aliphatic heterocycles. The van der Waals surface area contributed by atoms with E-state index >= 15 is 0 Å². The zero-order valence-electron chi connectivity index (χ0n) is 15.4. The minimum atomic E-state index is -0.00502. The van der Waals surface area contributed by atoms with Gasteiger partial charge in [0.1, 0.15) is 0 Å². The molecule has 2 N–H and O–H groups in total. The Bertz CT molecular complexity index is 534. The van der Waals surface area contributed by atoms with E-state index in [9.17, 15) is 4.79 Å². The number of carbonyl (C=O) groups excluding carboxylic acids is 1. The highest BCUT2D eigenvalue weighted by molar-refractivity contribution is 5.79. The summed E-state index contributed by atoms with van der Waals surface area (Å²) in [6, 6.07) is 3.61. The number of hydrogen-bond donors (Lipinski definition) is 2. The molecule has 0 saturated carbocycles. The van der Waals surface area contributed by atoms with Crippen LogP contribution in [0.25, 0.3) is 0 Å². The standard InChI is InChI=1S/C18H29N3O4/c1-23-15-11-14(12-16(24-2)18(15)25-3)13-17(22)20-5-4-8-21-9-6-19-7-10-21/h11-12,19H,4-10,13H2,1-3H3,(H,20,22). The smallest absolute Gasteiger partial charge is 0.224 e. The number of rotatable bonds is 9. The van der Waals surface area contributed by atoms with Crippen LogP contribution < -0.4 is 24.8 Å². The molecule has 2 rings (SSSR count). The maximum Gasteiger partial charge on any atom is 0.224 e. The van der Waals surface area contributed by atoms with E-state index in [0.717, 1.165) is 44.7 Å². The van der Waals surface area contributed by atoms with Gasteiger partial charge < -0.3 is 29.7 Å². The molecule has 1 aliphatic rings. The second-order valence-electron chi connectivity index (χ2n) is 6.01. The summed E-state index contributed by atoms with van der Waals surface area (Å²) in [6.45, 7) is 5.97. The van der Waals surface area contributed by atoms with Crippen molar-refractivity contribution < 1.29 is 19.0 Å². The summed E-state index contributed by atoms with van der Waals surface area (Å²) >= 11 is 0. The molecule has 0 atom stereocenters. The Balaban J connectivity index is 1.81. The van der Waals surface area contributed by atoms with Crippen LogP contribution in [0.3, 0.4) is 0 Å². The largest absolute Gasteiger partial charge is 0.493 e. The number of ether oxygens (including phenoxy) is 3. The van der Waals surface area contributed by atoms with Crippen molar-refractivity contribution in [2.45, 2.75) is 12.8 Å². The van der Waals surface area contributed by atoms with Crippen LogP contribution in [0.2, 0.25) is 0 Å². The van der Waals surface area contributed by atoms with Gasteiger partial charge in [-0.1, -0.05) is 0 Å². The first-order valence-electron chi connectivity index (χ1n) is 8.66. The molecule has 7 heteroatoms. The van der Waals surface area contributed by atoms with E-state index in [1.165, 1.54) is 0 Å². The van der Waals surface area contributed by atoms with Crippen LogP contribution in [0.1, 0.15) is 12.0 Å². The average molecular weight is 351 g/mol. The van der Waals surface area contributed by atoms with Crippen LogP contribution in [0.5, 0.6) is 17.2 Å². The lowest BCUT2D eigenvalue weighted by Gasteiger charge is -2.27. The molecule has 0 bridgehead atoms. The van der Waals surface area contributed by atoms with Gasteiger partial charge in [-0.3, -0.25) is 4.79 Å². The zero-order chi connectivity index (χ0) is 18.1. The van der Waals surface area contributed by atoms with Gasteiger partial charge in [0.25, 0.3) is 0 Å². The number of carbonyl (C=O) groups is 1. The molecule has 7 nitrogen and oxygen atoms in total. The van der Waals surface area contributed by atoms with Crippen molar-refractivity contribution >= 4 is 5.91 Å². The highest BCUT2D eigenvalue weighted by Crippen LogP contribution is 2.38. The third-order valence-electron chi connectivity index (χ3n) is 4.27. The summed E-state index contributed by atoms with van der Waals surface area (Å²) in [6.07, 6.45) is 1.24. The van der Waals surface area contributed by atoms with Crippen molar-refractivity contribution in [3.05, 3.63) is 17.7 Å². The molecule has 25 heavy (non-hydrogen) atoms. The van der Waals surface area contributed by atoms with Crippen LogP contribution in [0, 0.1) is 0 Å². The third-order valence-corrected chi connectivity index (χ3v) is 4.27. The molecule has 1 aromatic rings. The van der Waals surface area contributed by atoms with Crippen LogP contribution in [0.4, 0.5) is 0 Å². The zero-order valence-corrected chi connectivity index (χ0v) is 15.4. The molecule has 0 unspecified atom stereocenters. The van der Waals surface area contributed by atoms with Crippen molar-refractivity contribution in [3.63, 3.8) is 0 Å². The Morgan fingerprint density at radius 2 is 1.76 bits per heavy atom. The Kier molecular flexibility index (Phi) is 7.81. The first kappa shape index (κ1) is 19.3. The molecule has 0 aliphatic carbocycles. The number of hydrogen-bond acceptors (Lipinski definition) is 6. The Morgan fingerprint density at radius 1 is 1.12 bits per heavy atom. The van der Waals surface area contributed by atoms with Gasteiger partial charge in [-0.15, -0.1) is 0 Å². The summed E-state index contributed by atoms with van der Waals surface area (Å²) in [7, 11) is 4.69. The van der Waals surface area contributed by atoms with Gasteiger partial charge in [-0.2, -0.15) is 0 Å². The van der Waals surface area contributed by atoms with Crippen LogP contribution in [-0.4, -0.2) is 71.4 Å². The molecule has 0 spiro atoms. The Morgan fingerprint density at radius 3 is 2.32 bits per heavy atom. The van der Waals surface area contributed by atoms with E-state index in [4.69, 9.17) is 14.2 Å². The summed E-state index contributed by atoms with van der Waals surface area (Å²) in [5.41, 5.74) is 0.828.